The highest BCUT2D eigenvalue weighted by molar-refractivity contribution is 7.12. The van der Waals surface area contributed by atoms with Crippen molar-refractivity contribution in [1.29, 1.82) is 0 Å². The Morgan fingerprint density at radius 2 is 0.825 bits per heavy atom. The zero-order chi connectivity index (χ0) is 30.2. The third kappa shape index (κ3) is 10.8. The highest BCUT2D eigenvalue weighted by atomic mass is 32.1. The summed E-state index contributed by atoms with van der Waals surface area (Å²) in [5, 5.41) is 8.01. The largest absolute Gasteiger partial charge is 0.398 e. The molecular formula is C32H44N4S4. The van der Waals surface area contributed by atoms with E-state index in [9.17, 15) is 0 Å². The molecule has 0 aromatic carbocycles. The molecule has 0 bridgehead atoms. The van der Waals surface area contributed by atoms with Crippen LogP contribution in [0.4, 0.5) is 22.7 Å². The molecule has 0 aliphatic rings. The summed E-state index contributed by atoms with van der Waals surface area (Å²) in [4.78, 5) is 4.68. The van der Waals surface area contributed by atoms with Crippen molar-refractivity contribution in [3.63, 3.8) is 0 Å². The Morgan fingerprint density at radius 1 is 0.575 bits per heavy atom. The number of hydrogen-bond donors (Lipinski definition) is 4. The number of rotatable bonds is 6. The van der Waals surface area contributed by atoms with Crippen molar-refractivity contribution < 1.29 is 0 Å². The SMILES string of the molecule is C/C=C(/C)c1sccc1N.C/C=C(\C)c1sccc1N.C=C(CC)c1sccc1N.C=C(CC)c1sccc1N. The van der Waals surface area contributed by atoms with Crippen LogP contribution in [-0.4, -0.2) is 0 Å². The first-order valence-electron chi connectivity index (χ1n) is 13.0. The second kappa shape index (κ2) is 18.3. The lowest BCUT2D eigenvalue weighted by Crippen LogP contribution is -1.85. The maximum absolute atomic E-state index is 5.69. The lowest BCUT2D eigenvalue weighted by atomic mass is 10.2. The average molecular weight is 613 g/mol. The summed E-state index contributed by atoms with van der Waals surface area (Å²) in [6, 6.07) is 7.71. The number of hydrogen-bond acceptors (Lipinski definition) is 8. The van der Waals surface area contributed by atoms with E-state index in [1.165, 1.54) is 20.9 Å². The zero-order valence-corrected chi connectivity index (χ0v) is 27.8. The van der Waals surface area contributed by atoms with E-state index in [1.807, 2.05) is 59.6 Å². The molecule has 0 amide bonds. The number of allylic oxidation sites excluding steroid dienone is 6. The normalized spacial score (nSPS) is 10.8. The minimum absolute atomic E-state index is 0.858. The van der Waals surface area contributed by atoms with Gasteiger partial charge in [-0.15, -0.1) is 45.3 Å². The van der Waals surface area contributed by atoms with Crippen molar-refractivity contribution in [1.82, 2.24) is 0 Å². The molecule has 0 saturated carbocycles. The third-order valence-corrected chi connectivity index (χ3v) is 10.1. The first-order chi connectivity index (χ1) is 19.0. The van der Waals surface area contributed by atoms with Crippen molar-refractivity contribution in [3.8, 4) is 0 Å². The molecule has 216 valence electrons. The van der Waals surface area contributed by atoms with Gasteiger partial charge in [0.15, 0.2) is 0 Å². The molecule has 0 fully saturated rings. The van der Waals surface area contributed by atoms with Gasteiger partial charge in [-0.2, -0.15) is 0 Å². The van der Waals surface area contributed by atoms with Crippen molar-refractivity contribution in [2.75, 3.05) is 22.9 Å². The smallest absolute Gasteiger partial charge is 0.0525 e. The second-order valence-corrected chi connectivity index (χ2v) is 12.3. The van der Waals surface area contributed by atoms with Crippen LogP contribution in [0.15, 0.2) is 71.1 Å². The first-order valence-corrected chi connectivity index (χ1v) is 16.5. The molecule has 4 rings (SSSR count). The van der Waals surface area contributed by atoms with Gasteiger partial charge in [-0.25, -0.2) is 0 Å². The van der Waals surface area contributed by atoms with Gasteiger partial charge < -0.3 is 22.9 Å². The van der Waals surface area contributed by atoms with Crippen LogP contribution >= 0.6 is 45.3 Å². The van der Waals surface area contributed by atoms with E-state index >= 15 is 0 Å². The van der Waals surface area contributed by atoms with Gasteiger partial charge >= 0.3 is 0 Å². The van der Waals surface area contributed by atoms with Crippen molar-refractivity contribution >= 4 is 90.4 Å². The molecule has 4 nitrogen and oxygen atoms in total. The molecule has 0 radical (unpaired) electrons. The van der Waals surface area contributed by atoms with Crippen molar-refractivity contribution in [2.24, 2.45) is 0 Å². The lowest BCUT2D eigenvalue weighted by molar-refractivity contribution is 1.26. The molecule has 0 unspecified atom stereocenters. The summed E-state index contributed by atoms with van der Waals surface area (Å²) in [6.07, 6.45) is 6.10. The first kappa shape index (κ1) is 35.0. The highest BCUT2D eigenvalue weighted by Crippen LogP contribution is 2.29. The van der Waals surface area contributed by atoms with Crippen LogP contribution < -0.4 is 22.9 Å². The fraction of sp³-hybridized carbons (Fsp3) is 0.250. The van der Waals surface area contributed by atoms with E-state index < -0.39 is 0 Å². The van der Waals surface area contributed by atoms with Crippen molar-refractivity contribution in [2.45, 2.75) is 54.4 Å². The van der Waals surface area contributed by atoms with E-state index in [4.69, 9.17) is 22.9 Å². The molecule has 0 aliphatic carbocycles. The van der Waals surface area contributed by atoms with Gasteiger partial charge in [-0.1, -0.05) is 39.2 Å². The van der Waals surface area contributed by atoms with Gasteiger partial charge in [-0.05, 0) is 109 Å². The number of nitrogen functional groups attached to an aromatic ring is 4. The molecule has 0 saturated heterocycles. The van der Waals surface area contributed by atoms with Crippen molar-refractivity contribution in [3.05, 3.63) is 90.6 Å². The van der Waals surface area contributed by atoms with Gasteiger partial charge in [0.25, 0.3) is 0 Å². The predicted molar refractivity (Wildman–Crippen MR) is 192 cm³/mol. The summed E-state index contributed by atoms with van der Waals surface area (Å²) in [5.74, 6) is 0. The molecule has 0 atom stereocenters. The van der Waals surface area contributed by atoms with Crippen LogP contribution in [0, 0.1) is 0 Å². The van der Waals surface area contributed by atoms with Gasteiger partial charge in [0.05, 0.1) is 19.5 Å². The van der Waals surface area contributed by atoms with E-state index in [0.717, 1.165) is 56.5 Å². The van der Waals surface area contributed by atoms with Crippen LogP contribution in [0.3, 0.4) is 0 Å². The molecule has 0 spiro atoms. The predicted octanol–water partition coefficient (Wildman–Crippen LogP) is 11.0. The van der Waals surface area contributed by atoms with Gasteiger partial charge in [0, 0.05) is 22.7 Å². The molecule has 4 aromatic heterocycles. The molecule has 8 heteroatoms. The second-order valence-electron chi connectivity index (χ2n) is 8.68. The van der Waals surface area contributed by atoms with Crippen LogP contribution in [-0.2, 0) is 0 Å². The van der Waals surface area contributed by atoms with E-state index in [-0.39, 0.29) is 0 Å². The fourth-order valence-electron chi connectivity index (χ4n) is 3.08. The molecular weight excluding hydrogens is 569 g/mol. The quantitative estimate of drug-likeness (QED) is 0.174. The Labute approximate surface area is 257 Å². The summed E-state index contributed by atoms with van der Waals surface area (Å²) in [5.41, 5.74) is 31.0. The zero-order valence-electron chi connectivity index (χ0n) is 24.5. The van der Waals surface area contributed by atoms with E-state index in [2.05, 4.69) is 53.0 Å². The summed E-state index contributed by atoms with van der Waals surface area (Å²) in [6.45, 7) is 20.2. The van der Waals surface area contributed by atoms with Gasteiger partial charge in [0.2, 0.25) is 0 Å². The van der Waals surface area contributed by atoms with Crippen LogP contribution in [0.1, 0.15) is 73.9 Å². The maximum atomic E-state index is 5.69. The summed E-state index contributed by atoms with van der Waals surface area (Å²) in [7, 11) is 0. The Kier molecular flexibility index (Phi) is 16.0. The maximum Gasteiger partial charge on any atom is 0.0525 e. The number of anilines is 4. The number of thiophene rings is 4. The summed E-state index contributed by atoms with van der Waals surface area (Å²) < 4.78 is 0. The van der Waals surface area contributed by atoms with E-state index in [0.29, 0.717) is 0 Å². The Bertz CT molecular complexity index is 1290. The minimum atomic E-state index is 0.858. The standard InChI is InChI=1S/4C8H11NS/c4*1-3-6(2)8-7(9)4-5-10-8/h2*3-5H,9H2,1-2H3;2*4-5H,2-3,9H2,1H3/b6-3+;6-3-;;. The van der Waals surface area contributed by atoms with Crippen LogP contribution in [0.5, 0.6) is 0 Å². The number of nitrogens with two attached hydrogens (primary N) is 4. The average Bonchev–Trinajstić information content (AvgIpc) is 3.77. The molecule has 8 N–H and O–H groups in total. The van der Waals surface area contributed by atoms with Crippen LogP contribution in [0.2, 0.25) is 0 Å². The van der Waals surface area contributed by atoms with Gasteiger partial charge in [-0.3, -0.25) is 0 Å². The fourth-order valence-corrected chi connectivity index (χ4v) is 6.52. The molecule has 0 aliphatic heterocycles. The lowest BCUT2D eigenvalue weighted by Gasteiger charge is -1.98. The Morgan fingerprint density at radius 3 is 1.00 bits per heavy atom. The Hall–Kier alpha value is -3.04. The molecule has 40 heavy (non-hydrogen) atoms. The summed E-state index contributed by atoms with van der Waals surface area (Å²) >= 11 is 6.69. The Balaban J connectivity index is 0.000000267. The van der Waals surface area contributed by atoms with E-state index in [1.54, 1.807) is 45.3 Å². The third-order valence-electron chi connectivity index (χ3n) is 5.86. The minimum Gasteiger partial charge on any atom is -0.398 e. The monoisotopic (exact) mass is 612 g/mol. The topological polar surface area (TPSA) is 104 Å². The molecule has 4 aromatic rings. The molecule has 4 heterocycles. The highest BCUT2D eigenvalue weighted by Gasteiger charge is 2.03. The van der Waals surface area contributed by atoms with Crippen LogP contribution in [0.25, 0.3) is 22.3 Å². The van der Waals surface area contributed by atoms with Gasteiger partial charge in [0.1, 0.15) is 0 Å².